The molecule has 0 rings (SSSR count). The molecule has 0 spiro atoms. The zero-order chi connectivity index (χ0) is 12.1. The molecule has 90 valence electrons. The molecule has 0 aromatic carbocycles. The summed E-state index contributed by atoms with van der Waals surface area (Å²) in [4.78, 5) is 31.4. The van der Waals surface area contributed by atoms with Crippen molar-refractivity contribution >= 4 is 13.8 Å². The van der Waals surface area contributed by atoms with Crippen LogP contribution in [0.15, 0.2) is 0 Å². The van der Waals surface area contributed by atoms with Crippen molar-refractivity contribution in [1.29, 1.82) is 0 Å². The molecule has 0 saturated heterocycles. The maximum atomic E-state index is 11.3. The van der Waals surface area contributed by atoms with Crippen molar-refractivity contribution in [3.63, 3.8) is 0 Å². The van der Waals surface area contributed by atoms with Crippen LogP contribution in [0.5, 0.6) is 0 Å². The van der Waals surface area contributed by atoms with Gasteiger partial charge in [0.2, 0.25) is 0 Å². The smallest absolute Gasteiger partial charge is 0.790 e. The summed E-state index contributed by atoms with van der Waals surface area (Å²) in [6.45, 7) is 4.58. The van der Waals surface area contributed by atoms with Crippen LogP contribution in [-0.4, -0.2) is 19.2 Å². The number of phosphoric ester groups is 1. The van der Waals surface area contributed by atoms with E-state index in [1.54, 1.807) is 13.8 Å². The van der Waals surface area contributed by atoms with Gasteiger partial charge in [-0.15, -0.1) is 0 Å². The number of ether oxygens (including phenoxy) is 1. The molecule has 17 heavy (non-hydrogen) atoms. The number of hydrogen-bond acceptors (Lipinski definition) is 6. The second kappa shape index (κ2) is 11.5. The average molecular weight is 316 g/mol. The van der Waals surface area contributed by atoms with E-state index < -0.39 is 25.8 Å². The van der Waals surface area contributed by atoms with E-state index in [-0.39, 0.29) is 109 Å². The van der Waals surface area contributed by atoms with Gasteiger partial charge in [-0.2, -0.15) is 0 Å². The fraction of sp³-hybridized carbons (Fsp3) is 0.875. The summed E-state index contributed by atoms with van der Waals surface area (Å²) >= 11 is 0. The molecule has 0 aliphatic heterocycles. The van der Waals surface area contributed by atoms with Crippen LogP contribution in [-0.2, 0) is 18.6 Å². The van der Waals surface area contributed by atoms with E-state index in [9.17, 15) is 19.1 Å². The minimum Gasteiger partial charge on any atom is -0.790 e. The van der Waals surface area contributed by atoms with Gasteiger partial charge in [-0.05, 0) is 20.3 Å². The zero-order valence-corrected chi connectivity index (χ0v) is 18.2. The summed E-state index contributed by atoms with van der Waals surface area (Å²) in [5.41, 5.74) is -0.612. The van der Waals surface area contributed by atoms with E-state index in [0.29, 0.717) is 6.42 Å². The minimum atomic E-state index is -4.96. The quantitative estimate of drug-likeness (QED) is 0.209. The fourth-order valence-electron chi connectivity index (χ4n) is 0.623. The first-order valence-corrected chi connectivity index (χ1v) is 5.99. The second-order valence-corrected chi connectivity index (χ2v) is 4.81. The van der Waals surface area contributed by atoms with Gasteiger partial charge in [0.25, 0.3) is 0 Å². The largest absolute Gasteiger partial charge is 1.00 e. The van der Waals surface area contributed by atoms with E-state index in [1.165, 1.54) is 0 Å². The molecule has 0 aromatic heterocycles. The van der Waals surface area contributed by atoms with Crippen LogP contribution < -0.4 is 113 Å². The number of esters is 1. The number of carbonyl (C=O) groups is 1. The Balaban J connectivity index is -0.000000980. The molecule has 0 amide bonds. The molecule has 0 unspecified atom stereocenters. The van der Waals surface area contributed by atoms with Gasteiger partial charge >= 0.3 is 109 Å². The van der Waals surface area contributed by atoms with Gasteiger partial charge in [0.1, 0.15) is 6.61 Å². The predicted octanol–water partition coefficient (Wildman–Crippen LogP) is -6.18. The van der Waals surface area contributed by atoms with Crippen molar-refractivity contribution < 1.29 is 131 Å². The Labute approximate surface area is 187 Å². The molecule has 0 fully saturated rings. The Kier molecular flexibility index (Phi) is 16.8. The summed E-state index contributed by atoms with van der Waals surface area (Å²) in [5, 5.41) is 0. The van der Waals surface area contributed by atoms with Crippen LogP contribution in [0.3, 0.4) is 0 Å². The third-order valence-electron chi connectivity index (χ3n) is 2.00. The Morgan fingerprint density at radius 2 is 1.71 bits per heavy atom. The number of hydrogen-bond donors (Lipinski definition) is 0. The van der Waals surface area contributed by atoms with Gasteiger partial charge in [0.15, 0.2) is 0 Å². The third-order valence-corrected chi connectivity index (χ3v) is 2.50. The fourth-order valence-corrected chi connectivity index (χ4v) is 0.921. The van der Waals surface area contributed by atoms with E-state index in [1.807, 2.05) is 6.92 Å². The third kappa shape index (κ3) is 13.6. The van der Waals surface area contributed by atoms with Crippen LogP contribution in [0.4, 0.5) is 0 Å². The predicted molar refractivity (Wildman–Crippen MR) is 48.6 cm³/mol. The molecule has 0 heterocycles. The van der Waals surface area contributed by atoms with E-state index in [2.05, 4.69) is 4.52 Å². The summed E-state index contributed by atoms with van der Waals surface area (Å²) < 4.78 is 18.7. The van der Waals surface area contributed by atoms with Crippen LogP contribution in [0.1, 0.15) is 27.2 Å². The van der Waals surface area contributed by atoms with Crippen LogP contribution in [0, 0.1) is 5.41 Å². The maximum absolute atomic E-state index is 11.3. The van der Waals surface area contributed by atoms with Gasteiger partial charge in [0, 0.05) is 0 Å². The second-order valence-electron chi connectivity index (χ2n) is 3.65. The van der Waals surface area contributed by atoms with Gasteiger partial charge in [0.05, 0.1) is 19.8 Å². The summed E-state index contributed by atoms with van der Waals surface area (Å²) in [5.74, 6) is -0.444. The van der Waals surface area contributed by atoms with Crippen LogP contribution >= 0.6 is 7.82 Å². The monoisotopic (exact) mass is 316 g/mol. The molecule has 0 aliphatic carbocycles. The first-order chi connectivity index (χ1) is 6.69. The Hall–Kier alpha value is 2.85. The zero-order valence-electron chi connectivity index (χ0n) is 11.0. The van der Waals surface area contributed by atoms with Crippen molar-refractivity contribution in [3.8, 4) is 0 Å². The van der Waals surface area contributed by atoms with Crippen LogP contribution in [0.25, 0.3) is 0 Å². The first kappa shape index (κ1) is 24.8. The molecule has 0 N–H and O–H groups in total. The van der Waals surface area contributed by atoms with Crippen molar-refractivity contribution in [3.05, 3.63) is 0 Å². The van der Waals surface area contributed by atoms with Crippen molar-refractivity contribution in [2.75, 3.05) is 13.2 Å². The molecule has 0 saturated carbocycles. The summed E-state index contributed by atoms with van der Waals surface area (Å²) in [7, 11) is -4.96. The van der Waals surface area contributed by atoms with E-state index in [0.717, 1.165) is 0 Å². The molecular weight excluding hydrogens is 301 g/mol. The average Bonchev–Trinajstić information content (AvgIpc) is 2.10. The van der Waals surface area contributed by atoms with Crippen molar-refractivity contribution in [2.24, 2.45) is 5.41 Å². The topological polar surface area (TPSA) is 98.7 Å². The van der Waals surface area contributed by atoms with Gasteiger partial charge in [-0.1, -0.05) is 6.92 Å². The minimum absolute atomic E-state index is 0. The molecule has 0 atom stereocenters. The number of carbonyl (C=O) groups excluding carboxylic acids is 1. The Morgan fingerprint density at radius 3 is 2.06 bits per heavy atom. The number of phosphoric acid groups is 1. The summed E-state index contributed by atoms with van der Waals surface area (Å²) in [6.07, 6.45) is 0.605. The van der Waals surface area contributed by atoms with Crippen molar-refractivity contribution in [2.45, 2.75) is 27.2 Å². The summed E-state index contributed by atoms with van der Waals surface area (Å²) in [6, 6.07) is 0. The van der Waals surface area contributed by atoms with E-state index in [4.69, 9.17) is 4.74 Å². The number of rotatable bonds is 6. The molecule has 0 radical (unpaired) electrons. The van der Waals surface area contributed by atoms with Gasteiger partial charge in [-0.25, -0.2) is 0 Å². The molecule has 0 aliphatic rings. The first-order valence-electron chi connectivity index (χ1n) is 4.53. The molecule has 6 nitrogen and oxygen atoms in total. The normalized spacial score (nSPS) is 11.1. The molecular formula is C8H15K2O6P. The molecule has 9 heteroatoms. The van der Waals surface area contributed by atoms with E-state index >= 15 is 0 Å². The van der Waals surface area contributed by atoms with Gasteiger partial charge in [-0.3, -0.25) is 4.79 Å². The standard InChI is InChI=1S/C8H17O6P.2K/c1-4-8(2,3)7(9)13-5-6-14-15(10,11)12;;/h4-6H2,1-3H3,(H2,10,11,12);;/q;2*+1/p-2. The van der Waals surface area contributed by atoms with Gasteiger partial charge < -0.3 is 23.6 Å². The maximum Gasteiger partial charge on any atom is 1.00 e. The van der Waals surface area contributed by atoms with Crippen LogP contribution in [0.2, 0.25) is 0 Å². The Morgan fingerprint density at radius 1 is 1.24 bits per heavy atom. The SMILES string of the molecule is CCC(C)(C)C(=O)OCCOP(=O)([O-])[O-].[K+].[K+]. The molecule has 0 bridgehead atoms. The molecule has 0 aromatic rings. The Bertz CT molecular complexity index is 265. The van der Waals surface area contributed by atoms with Crippen molar-refractivity contribution in [1.82, 2.24) is 0 Å².